The molecule has 1 atom stereocenters. The third kappa shape index (κ3) is 6.27. The van der Waals surface area contributed by atoms with Crippen LogP contribution in [0.5, 0.6) is 5.75 Å². The summed E-state index contributed by atoms with van der Waals surface area (Å²) < 4.78 is 9.93. The zero-order valence-corrected chi connectivity index (χ0v) is 12.4. The van der Waals surface area contributed by atoms with Gasteiger partial charge in [0.15, 0.2) is 6.61 Å². The van der Waals surface area contributed by atoms with Crippen molar-refractivity contribution in [3.63, 3.8) is 0 Å². The molecule has 0 aliphatic rings. The number of carbonyl (C=O) groups excluding carboxylic acids is 2. The van der Waals surface area contributed by atoms with Crippen LogP contribution in [0.3, 0.4) is 0 Å². The predicted molar refractivity (Wildman–Crippen MR) is 78.9 cm³/mol. The fourth-order valence-electron chi connectivity index (χ4n) is 1.67. The zero-order chi connectivity index (χ0) is 15.7. The van der Waals surface area contributed by atoms with Crippen LogP contribution in [0.4, 0.5) is 0 Å². The van der Waals surface area contributed by atoms with Gasteiger partial charge >= 0.3 is 5.97 Å². The number of ether oxygens (including phenoxy) is 2. The van der Waals surface area contributed by atoms with Gasteiger partial charge in [-0.1, -0.05) is 19.1 Å². The summed E-state index contributed by atoms with van der Waals surface area (Å²) in [7, 11) is 1.31. The fourth-order valence-corrected chi connectivity index (χ4v) is 1.67. The molecule has 6 nitrogen and oxygen atoms in total. The second kappa shape index (κ2) is 8.97. The van der Waals surface area contributed by atoms with Gasteiger partial charge in [0.05, 0.1) is 7.11 Å². The molecule has 0 saturated heterocycles. The van der Waals surface area contributed by atoms with Crippen molar-refractivity contribution in [2.24, 2.45) is 5.73 Å². The Kier molecular flexibility index (Phi) is 7.25. The summed E-state index contributed by atoms with van der Waals surface area (Å²) in [5, 5.41) is 2.73. The fraction of sp³-hybridized carbons (Fsp3) is 0.467. The SMILES string of the molecule is CCCNC(=O)COc1ccc(CC(N)C(=O)OC)cc1. The Balaban J connectivity index is 2.43. The average Bonchev–Trinajstić information content (AvgIpc) is 2.51. The lowest BCUT2D eigenvalue weighted by molar-refractivity contribution is -0.142. The molecule has 116 valence electrons. The van der Waals surface area contributed by atoms with Crippen molar-refractivity contribution in [2.45, 2.75) is 25.8 Å². The maximum absolute atomic E-state index is 11.4. The van der Waals surface area contributed by atoms with Crippen molar-refractivity contribution < 1.29 is 19.1 Å². The number of amides is 1. The third-order valence-corrected chi connectivity index (χ3v) is 2.82. The van der Waals surface area contributed by atoms with E-state index >= 15 is 0 Å². The standard InChI is InChI=1S/C15H22N2O4/c1-3-8-17-14(18)10-21-12-6-4-11(5-7-12)9-13(16)15(19)20-2/h4-7,13H,3,8-10,16H2,1-2H3,(H,17,18). The molecule has 3 N–H and O–H groups in total. The minimum Gasteiger partial charge on any atom is -0.484 e. The second-order valence-electron chi connectivity index (χ2n) is 4.62. The smallest absolute Gasteiger partial charge is 0.322 e. The van der Waals surface area contributed by atoms with E-state index in [-0.39, 0.29) is 12.5 Å². The van der Waals surface area contributed by atoms with E-state index in [0.717, 1.165) is 12.0 Å². The van der Waals surface area contributed by atoms with E-state index in [1.54, 1.807) is 12.1 Å². The highest BCUT2D eigenvalue weighted by Gasteiger charge is 2.14. The van der Waals surface area contributed by atoms with Crippen LogP contribution in [0.2, 0.25) is 0 Å². The van der Waals surface area contributed by atoms with E-state index < -0.39 is 12.0 Å². The lowest BCUT2D eigenvalue weighted by Crippen LogP contribution is -2.33. The third-order valence-electron chi connectivity index (χ3n) is 2.82. The summed E-state index contributed by atoms with van der Waals surface area (Å²) >= 11 is 0. The number of rotatable bonds is 8. The Bertz CT molecular complexity index is 459. The number of benzene rings is 1. The molecule has 0 aromatic heterocycles. The van der Waals surface area contributed by atoms with Crippen molar-refractivity contribution in [3.05, 3.63) is 29.8 Å². The first-order valence-corrected chi connectivity index (χ1v) is 6.88. The topological polar surface area (TPSA) is 90.6 Å². The maximum atomic E-state index is 11.4. The van der Waals surface area contributed by atoms with E-state index in [1.165, 1.54) is 7.11 Å². The highest BCUT2D eigenvalue weighted by molar-refractivity contribution is 5.77. The van der Waals surface area contributed by atoms with Gasteiger partial charge in [0.25, 0.3) is 5.91 Å². The molecule has 0 saturated carbocycles. The van der Waals surface area contributed by atoms with E-state index in [2.05, 4.69) is 10.1 Å². The lowest BCUT2D eigenvalue weighted by atomic mass is 10.1. The van der Waals surface area contributed by atoms with Gasteiger partial charge < -0.3 is 20.5 Å². The van der Waals surface area contributed by atoms with Crippen LogP contribution in [0.25, 0.3) is 0 Å². The Labute approximate surface area is 124 Å². The summed E-state index contributed by atoms with van der Waals surface area (Å²) in [6.45, 7) is 2.62. The number of esters is 1. The first-order chi connectivity index (χ1) is 10.1. The largest absolute Gasteiger partial charge is 0.484 e. The van der Waals surface area contributed by atoms with Gasteiger partial charge in [0.1, 0.15) is 11.8 Å². The van der Waals surface area contributed by atoms with Gasteiger partial charge in [-0.15, -0.1) is 0 Å². The predicted octanol–water partition coefficient (Wildman–Crippen LogP) is 0.634. The van der Waals surface area contributed by atoms with E-state index in [9.17, 15) is 9.59 Å². The molecule has 1 amide bonds. The summed E-state index contributed by atoms with van der Waals surface area (Å²) in [5.41, 5.74) is 6.58. The maximum Gasteiger partial charge on any atom is 0.322 e. The van der Waals surface area contributed by atoms with Crippen LogP contribution in [0.1, 0.15) is 18.9 Å². The summed E-state index contributed by atoms with van der Waals surface area (Å²) in [6.07, 6.45) is 1.28. The molecular formula is C15H22N2O4. The molecule has 6 heteroatoms. The molecule has 1 aromatic carbocycles. The van der Waals surface area contributed by atoms with Gasteiger partial charge in [0, 0.05) is 6.54 Å². The molecule has 0 bridgehead atoms. The van der Waals surface area contributed by atoms with Crippen molar-refractivity contribution in [2.75, 3.05) is 20.3 Å². The Morgan fingerprint density at radius 3 is 2.52 bits per heavy atom. The first-order valence-electron chi connectivity index (χ1n) is 6.88. The van der Waals surface area contributed by atoms with Gasteiger partial charge in [-0.25, -0.2) is 0 Å². The Morgan fingerprint density at radius 1 is 1.29 bits per heavy atom. The molecule has 0 radical (unpaired) electrons. The molecule has 21 heavy (non-hydrogen) atoms. The average molecular weight is 294 g/mol. The molecule has 1 aromatic rings. The number of hydrogen-bond donors (Lipinski definition) is 2. The normalized spacial score (nSPS) is 11.6. The van der Waals surface area contributed by atoms with Crippen molar-refractivity contribution in [1.82, 2.24) is 5.32 Å². The van der Waals surface area contributed by atoms with Gasteiger partial charge in [-0.2, -0.15) is 0 Å². The number of methoxy groups -OCH3 is 1. The van der Waals surface area contributed by atoms with Crippen LogP contribution >= 0.6 is 0 Å². The van der Waals surface area contributed by atoms with E-state index in [4.69, 9.17) is 10.5 Å². The van der Waals surface area contributed by atoms with Gasteiger partial charge in [-0.3, -0.25) is 9.59 Å². The Morgan fingerprint density at radius 2 is 1.95 bits per heavy atom. The van der Waals surface area contributed by atoms with Crippen LogP contribution in [0.15, 0.2) is 24.3 Å². The molecular weight excluding hydrogens is 272 g/mol. The van der Waals surface area contributed by atoms with Crippen molar-refractivity contribution in [1.29, 1.82) is 0 Å². The quantitative estimate of drug-likeness (QED) is 0.686. The lowest BCUT2D eigenvalue weighted by Gasteiger charge is -2.10. The van der Waals surface area contributed by atoms with E-state index in [0.29, 0.717) is 18.7 Å². The van der Waals surface area contributed by atoms with Crippen LogP contribution in [-0.2, 0) is 20.7 Å². The molecule has 0 spiro atoms. The van der Waals surface area contributed by atoms with Crippen molar-refractivity contribution >= 4 is 11.9 Å². The Hall–Kier alpha value is -2.08. The summed E-state index contributed by atoms with van der Waals surface area (Å²) in [6, 6.07) is 6.42. The number of nitrogens with one attached hydrogen (secondary N) is 1. The molecule has 0 aliphatic carbocycles. The van der Waals surface area contributed by atoms with Gasteiger partial charge in [-0.05, 0) is 30.5 Å². The summed E-state index contributed by atoms with van der Waals surface area (Å²) in [5.74, 6) is 0.00796. The molecule has 1 rings (SSSR count). The van der Waals surface area contributed by atoms with Crippen LogP contribution in [0, 0.1) is 0 Å². The second-order valence-corrected chi connectivity index (χ2v) is 4.62. The first kappa shape index (κ1) is 17.0. The van der Waals surface area contributed by atoms with Crippen LogP contribution in [-0.4, -0.2) is 38.2 Å². The van der Waals surface area contributed by atoms with Crippen LogP contribution < -0.4 is 15.8 Å². The molecule has 0 aliphatic heterocycles. The van der Waals surface area contributed by atoms with Crippen molar-refractivity contribution in [3.8, 4) is 5.75 Å². The highest BCUT2D eigenvalue weighted by atomic mass is 16.5. The number of hydrogen-bond acceptors (Lipinski definition) is 5. The van der Waals surface area contributed by atoms with E-state index in [1.807, 2.05) is 19.1 Å². The minimum atomic E-state index is -0.679. The van der Waals surface area contributed by atoms with Gasteiger partial charge in [0.2, 0.25) is 0 Å². The molecule has 1 unspecified atom stereocenters. The molecule has 0 fully saturated rings. The molecule has 0 heterocycles. The number of carbonyl (C=O) groups is 2. The summed E-state index contributed by atoms with van der Waals surface area (Å²) in [4.78, 5) is 22.6. The highest BCUT2D eigenvalue weighted by Crippen LogP contribution is 2.13. The minimum absolute atomic E-state index is 0.0129. The zero-order valence-electron chi connectivity index (χ0n) is 12.4. The number of nitrogens with two attached hydrogens (primary N) is 1. The monoisotopic (exact) mass is 294 g/mol.